The maximum Gasteiger partial charge on any atom is 0.481 e. The third kappa shape index (κ3) is 13.7. The number of aromatic nitrogens is 4. The number of nitrogens with two attached hydrogens (primary N) is 1. The van der Waals surface area contributed by atoms with E-state index in [2.05, 4.69) is 47.0 Å². The van der Waals surface area contributed by atoms with E-state index < -0.39 is 84.4 Å². The van der Waals surface area contributed by atoms with Gasteiger partial charge in [0.2, 0.25) is 23.4 Å². The number of nitrogens with zero attached hydrogens (tertiary/aromatic N) is 4. The number of nitrogens with one attached hydrogen (secondary N) is 2. The third-order valence-corrected chi connectivity index (χ3v) is 10.8. The SMILES string of the molecule is CCC/C=C/C(=O)c1nc(N)c2ncn([C@@H]3O[C@H](COP(=O)(O)OP(=O)(O)OCC(C)(C)C(O)C(=O)NCCC(=O)NCCS)[C@@H](OP(=O)(O)O)[C@H]3O)c2n1. The number of aliphatic hydroxyl groups is 2. The maximum absolute atomic E-state index is 12.7. The average molecular weight is 864 g/mol. The molecule has 1 saturated heterocycles. The van der Waals surface area contributed by atoms with E-state index in [4.69, 9.17) is 19.5 Å². The van der Waals surface area contributed by atoms with Crippen molar-refractivity contribution in [3.05, 3.63) is 24.3 Å². The zero-order valence-electron chi connectivity index (χ0n) is 29.6. The van der Waals surface area contributed by atoms with E-state index in [0.29, 0.717) is 18.7 Å². The zero-order chi connectivity index (χ0) is 41.4. The minimum absolute atomic E-state index is 0.0510. The number of ether oxygens (including phenoxy) is 1. The molecule has 0 spiro atoms. The van der Waals surface area contributed by atoms with Gasteiger partial charge in [-0.1, -0.05) is 33.3 Å². The fourth-order valence-electron chi connectivity index (χ4n) is 4.75. The molecule has 2 aromatic rings. The van der Waals surface area contributed by atoms with Gasteiger partial charge < -0.3 is 50.9 Å². The van der Waals surface area contributed by atoms with Crippen LogP contribution in [0.3, 0.4) is 0 Å². The largest absolute Gasteiger partial charge is 0.481 e. The number of hydrogen-bond acceptors (Lipinski definition) is 18. The summed E-state index contributed by atoms with van der Waals surface area (Å²) in [5, 5.41) is 26.4. The summed E-state index contributed by atoms with van der Waals surface area (Å²) >= 11 is 3.95. The molecule has 1 fully saturated rings. The van der Waals surface area contributed by atoms with Crippen molar-refractivity contribution in [2.24, 2.45) is 5.41 Å². The minimum atomic E-state index is -5.61. The summed E-state index contributed by atoms with van der Waals surface area (Å²) in [6, 6.07) is 0. The van der Waals surface area contributed by atoms with Gasteiger partial charge in [-0.3, -0.25) is 32.5 Å². The molecule has 310 valence electrons. The minimum Gasteiger partial charge on any atom is -0.386 e. The summed E-state index contributed by atoms with van der Waals surface area (Å²) in [6.45, 7) is 2.49. The van der Waals surface area contributed by atoms with Crippen molar-refractivity contribution in [2.75, 3.05) is 37.8 Å². The van der Waals surface area contributed by atoms with Crippen LogP contribution in [-0.2, 0) is 45.9 Å². The van der Waals surface area contributed by atoms with Crippen molar-refractivity contribution in [1.29, 1.82) is 0 Å². The maximum atomic E-state index is 12.7. The van der Waals surface area contributed by atoms with E-state index in [9.17, 15) is 57.9 Å². The van der Waals surface area contributed by atoms with E-state index in [1.807, 2.05) is 6.92 Å². The number of imidazole rings is 1. The number of fused-ring (bicyclic) bond motifs is 1. The monoisotopic (exact) mass is 863 g/mol. The fraction of sp³-hybridized carbons (Fsp3) is 0.630. The Morgan fingerprint density at radius 3 is 2.42 bits per heavy atom. The first-order valence-electron chi connectivity index (χ1n) is 16.3. The van der Waals surface area contributed by atoms with Gasteiger partial charge in [0, 0.05) is 30.7 Å². The van der Waals surface area contributed by atoms with Gasteiger partial charge in [-0.2, -0.15) is 16.9 Å². The summed E-state index contributed by atoms with van der Waals surface area (Å²) < 4.78 is 62.3. The van der Waals surface area contributed by atoms with Crippen LogP contribution in [0.1, 0.15) is 56.9 Å². The lowest BCUT2D eigenvalue weighted by Gasteiger charge is -2.30. The molecule has 0 radical (unpaired) electrons. The molecule has 1 aliphatic heterocycles. The molecule has 3 rings (SSSR count). The van der Waals surface area contributed by atoms with Crippen LogP contribution in [0.15, 0.2) is 18.5 Å². The van der Waals surface area contributed by atoms with Gasteiger partial charge in [0.05, 0.1) is 19.5 Å². The fourth-order valence-corrected chi connectivity index (χ4v) is 7.69. The molecule has 0 aliphatic carbocycles. The summed E-state index contributed by atoms with van der Waals surface area (Å²) in [4.78, 5) is 88.3. The lowest BCUT2D eigenvalue weighted by Crippen LogP contribution is -2.46. The predicted molar refractivity (Wildman–Crippen MR) is 192 cm³/mol. The number of hydrogen-bond donors (Lipinski definition) is 10. The first kappa shape index (κ1) is 46.7. The number of phosphoric ester groups is 3. The first-order chi connectivity index (χ1) is 25.5. The number of allylic oxidation sites excluding steroid dienone is 2. The van der Waals surface area contributed by atoms with Crippen molar-refractivity contribution in [3.63, 3.8) is 0 Å². The Kier molecular flexibility index (Phi) is 16.7. The Balaban J connectivity index is 1.70. The molecule has 3 unspecified atom stereocenters. The molecule has 1 aliphatic rings. The molecule has 2 amide bonds. The van der Waals surface area contributed by atoms with Crippen molar-refractivity contribution in [2.45, 2.75) is 70.7 Å². The van der Waals surface area contributed by atoms with Crippen molar-refractivity contribution in [1.82, 2.24) is 30.2 Å². The van der Waals surface area contributed by atoms with Crippen molar-refractivity contribution >= 4 is 70.7 Å². The van der Waals surface area contributed by atoms with Crippen LogP contribution in [0.4, 0.5) is 5.82 Å². The number of phosphoric acid groups is 3. The Hall–Kier alpha value is -2.70. The first-order valence-corrected chi connectivity index (χ1v) is 21.4. The molecule has 3 heterocycles. The van der Waals surface area contributed by atoms with Crippen LogP contribution in [-0.4, -0.2) is 123 Å². The topological polar surface area (TPSA) is 364 Å². The number of rotatable bonds is 22. The van der Waals surface area contributed by atoms with Gasteiger partial charge in [0.1, 0.15) is 29.9 Å². The Morgan fingerprint density at radius 1 is 1.11 bits per heavy atom. The van der Waals surface area contributed by atoms with E-state index in [1.54, 1.807) is 6.08 Å². The normalized spacial score (nSPS) is 22.0. The lowest BCUT2D eigenvalue weighted by atomic mass is 9.87. The predicted octanol–water partition coefficient (Wildman–Crippen LogP) is -0.126. The Labute approximate surface area is 319 Å². The molecule has 24 nitrogen and oxygen atoms in total. The van der Waals surface area contributed by atoms with Crippen molar-refractivity contribution < 1.29 is 80.5 Å². The molecular formula is C27H44N7O17P3S. The summed E-state index contributed by atoms with van der Waals surface area (Å²) in [7, 11) is -16.5. The summed E-state index contributed by atoms with van der Waals surface area (Å²) in [6.07, 6.45) is -4.17. The highest BCUT2D eigenvalue weighted by Crippen LogP contribution is 2.61. The van der Waals surface area contributed by atoms with E-state index >= 15 is 0 Å². The standard InChI is InChI=1S/C27H44N7O17P3S/c1-4-5-6-7-15(35)23-32-22(28)18-24(33-23)34(14-31-18)26-19(37)20(50-52(40,41)42)16(49-26)12-47-53(43,44)51-54(45,46)48-13-27(2,3)21(38)25(39)30-9-8-17(36)29-10-11-55/h6-7,14,16,19-21,26,37-38,55H,4-5,8-13H2,1-3H3,(H,29,36)(H,30,39)(H,43,44)(H,45,46)(H2,28,32,33)(H2,40,41,42)/b7-6+/t16-,19-,20-,21?,26-/m1/s1. The van der Waals surface area contributed by atoms with Crippen LogP contribution < -0.4 is 16.4 Å². The van der Waals surface area contributed by atoms with Crippen molar-refractivity contribution in [3.8, 4) is 0 Å². The van der Waals surface area contributed by atoms with Crippen LogP contribution in [0.2, 0.25) is 0 Å². The number of amides is 2. The highest BCUT2D eigenvalue weighted by molar-refractivity contribution is 7.80. The van der Waals surface area contributed by atoms with Crippen LogP contribution in [0.5, 0.6) is 0 Å². The average Bonchev–Trinajstić information content (AvgIpc) is 3.64. The Morgan fingerprint density at radius 2 is 1.78 bits per heavy atom. The number of carbonyl (C=O) groups excluding carboxylic acids is 3. The Bertz CT molecular complexity index is 1860. The van der Waals surface area contributed by atoms with Gasteiger partial charge in [-0.25, -0.2) is 28.6 Å². The second kappa shape index (κ2) is 19.6. The van der Waals surface area contributed by atoms with Crippen LogP contribution in [0.25, 0.3) is 11.2 Å². The van der Waals surface area contributed by atoms with Gasteiger partial charge in [0.15, 0.2) is 17.7 Å². The number of ketones is 1. The second-order valence-corrected chi connectivity index (χ2v) is 17.2. The number of nitrogen functional groups attached to an aromatic ring is 1. The summed E-state index contributed by atoms with van der Waals surface area (Å²) in [5.74, 6) is -2.15. The molecule has 7 atom stereocenters. The molecule has 0 bridgehead atoms. The van der Waals surface area contributed by atoms with E-state index in [-0.39, 0.29) is 41.7 Å². The number of unbranched alkanes of at least 4 members (excludes halogenated alkanes) is 1. The van der Waals surface area contributed by atoms with Gasteiger partial charge in [-0.15, -0.1) is 0 Å². The number of carbonyl (C=O) groups is 3. The zero-order valence-corrected chi connectivity index (χ0v) is 33.2. The number of anilines is 1. The molecule has 0 aromatic carbocycles. The van der Waals surface area contributed by atoms with Gasteiger partial charge in [0.25, 0.3) is 0 Å². The number of thiol groups is 1. The van der Waals surface area contributed by atoms with Gasteiger partial charge in [-0.05, 0) is 12.5 Å². The highest BCUT2D eigenvalue weighted by atomic mass is 32.1. The quantitative estimate of drug-likeness (QED) is 0.0319. The summed E-state index contributed by atoms with van der Waals surface area (Å²) in [5.41, 5.74) is 4.15. The highest BCUT2D eigenvalue weighted by Gasteiger charge is 2.50. The third-order valence-electron chi connectivity index (χ3n) is 7.52. The molecule has 10 N–H and O–H groups in total. The molecular weight excluding hydrogens is 819 g/mol. The van der Waals surface area contributed by atoms with E-state index in [1.165, 1.54) is 19.9 Å². The lowest BCUT2D eigenvalue weighted by molar-refractivity contribution is -0.137. The number of aliphatic hydroxyl groups excluding tert-OH is 2. The van der Waals surface area contributed by atoms with Crippen LogP contribution in [0, 0.1) is 5.41 Å². The van der Waals surface area contributed by atoms with Crippen LogP contribution >= 0.6 is 36.1 Å². The molecule has 0 saturated carbocycles. The van der Waals surface area contributed by atoms with Gasteiger partial charge >= 0.3 is 23.5 Å². The second-order valence-electron chi connectivity index (χ2n) is 12.5. The molecule has 55 heavy (non-hydrogen) atoms. The smallest absolute Gasteiger partial charge is 0.386 e. The molecule has 2 aromatic heterocycles. The van der Waals surface area contributed by atoms with E-state index in [0.717, 1.165) is 17.3 Å². The molecule has 28 heteroatoms.